The molecule has 1 heterocycles. The molecule has 0 bridgehead atoms. The highest BCUT2D eigenvalue weighted by Gasteiger charge is 2.19. The topological polar surface area (TPSA) is 52.1 Å². The molecule has 0 N–H and O–H groups in total. The molecule has 1 aromatic heterocycles. The van der Waals surface area contributed by atoms with Gasteiger partial charge in [0, 0.05) is 5.75 Å². The zero-order valence-electron chi connectivity index (χ0n) is 16.9. The number of carbonyl (C=O) groups is 1. The third-order valence-corrected chi connectivity index (χ3v) is 5.57. The Hall–Kier alpha value is -2.37. The summed E-state index contributed by atoms with van der Waals surface area (Å²) in [7, 11) is 0. The Kier molecular flexibility index (Phi) is 6.93. The van der Waals surface area contributed by atoms with E-state index in [4.69, 9.17) is 16.3 Å². The van der Waals surface area contributed by atoms with Gasteiger partial charge in [-0.3, -0.25) is 0 Å². The molecule has 0 spiro atoms. The molecule has 0 aliphatic rings. The molecule has 3 aromatic rings. The second kappa shape index (κ2) is 9.42. The van der Waals surface area contributed by atoms with Gasteiger partial charge in [-0.2, -0.15) is 0 Å². The van der Waals surface area contributed by atoms with Crippen molar-refractivity contribution in [3.05, 3.63) is 81.6 Å². The number of rotatable bonds is 6. The molecule has 29 heavy (non-hydrogen) atoms. The van der Waals surface area contributed by atoms with E-state index in [2.05, 4.69) is 48.9 Å². The summed E-state index contributed by atoms with van der Waals surface area (Å²) in [6.07, 6.45) is 1.45. The quantitative estimate of drug-likeness (QED) is 0.198. The highest BCUT2D eigenvalue weighted by atomic mass is 35.5. The van der Waals surface area contributed by atoms with E-state index in [1.165, 1.54) is 29.1 Å². The van der Waals surface area contributed by atoms with Crippen LogP contribution in [-0.4, -0.2) is 15.9 Å². The summed E-state index contributed by atoms with van der Waals surface area (Å²) in [6.45, 7) is 8.12. The standard InChI is InChI=1S/C23H23ClN2O2S/c1-14(2)18-9-8-16(4)11-20(18)28-22(27)21-19(24)12-25-23(26-21)29-13-17-7-5-6-15(3)10-17/h5-12,14H,13H2,1-4H3. The van der Waals surface area contributed by atoms with Gasteiger partial charge < -0.3 is 4.74 Å². The van der Waals surface area contributed by atoms with Gasteiger partial charge in [0.05, 0.1) is 11.2 Å². The van der Waals surface area contributed by atoms with Gasteiger partial charge in [-0.1, -0.05) is 79.2 Å². The van der Waals surface area contributed by atoms with E-state index < -0.39 is 5.97 Å². The first-order chi connectivity index (χ1) is 13.8. The summed E-state index contributed by atoms with van der Waals surface area (Å²) in [5, 5.41) is 0.657. The number of hydrogen-bond acceptors (Lipinski definition) is 5. The Morgan fingerprint density at radius 1 is 1.14 bits per heavy atom. The van der Waals surface area contributed by atoms with E-state index in [1.807, 2.05) is 31.2 Å². The molecule has 2 aromatic carbocycles. The van der Waals surface area contributed by atoms with Crippen molar-refractivity contribution in [1.82, 2.24) is 9.97 Å². The molecule has 6 heteroatoms. The normalized spacial score (nSPS) is 11.0. The summed E-state index contributed by atoms with van der Waals surface area (Å²) in [4.78, 5) is 21.4. The van der Waals surface area contributed by atoms with Crippen LogP contribution in [0.25, 0.3) is 0 Å². The van der Waals surface area contributed by atoms with Crippen molar-refractivity contribution in [2.75, 3.05) is 0 Å². The maximum atomic E-state index is 12.8. The first-order valence-corrected chi connectivity index (χ1v) is 10.7. The fraction of sp³-hybridized carbons (Fsp3) is 0.261. The molecule has 0 amide bonds. The largest absolute Gasteiger partial charge is 0.421 e. The predicted octanol–water partition coefficient (Wildman–Crippen LogP) is 6.38. The number of aromatic nitrogens is 2. The minimum Gasteiger partial charge on any atom is -0.421 e. The van der Waals surface area contributed by atoms with E-state index in [0.717, 1.165) is 11.1 Å². The van der Waals surface area contributed by atoms with E-state index in [1.54, 1.807) is 0 Å². The Balaban J connectivity index is 1.79. The van der Waals surface area contributed by atoms with Crippen molar-refractivity contribution in [1.29, 1.82) is 0 Å². The smallest absolute Gasteiger partial charge is 0.364 e. The average Bonchev–Trinajstić information content (AvgIpc) is 2.67. The van der Waals surface area contributed by atoms with Gasteiger partial charge in [-0.05, 0) is 42.5 Å². The predicted molar refractivity (Wildman–Crippen MR) is 118 cm³/mol. The molecule has 0 saturated heterocycles. The lowest BCUT2D eigenvalue weighted by atomic mass is 10.0. The number of nitrogens with zero attached hydrogens (tertiary/aromatic N) is 2. The van der Waals surface area contributed by atoms with Gasteiger partial charge in [0.25, 0.3) is 0 Å². The average molecular weight is 427 g/mol. The molecule has 0 saturated carbocycles. The van der Waals surface area contributed by atoms with Crippen LogP contribution in [0.5, 0.6) is 5.75 Å². The molecule has 150 valence electrons. The van der Waals surface area contributed by atoms with Crippen LogP contribution in [-0.2, 0) is 5.75 Å². The Morgan fingerprint density at radius 2 is 1.90 bits per heavy atom. The number of thioether (sulfide) groups is 1. The molecule has 0 radical (unpaired) electrons. The van der Waals surface area contributed by atoms with Crippen LogP contribution in [0.3, 0.4) is 0 Å². The molecule has 4 nitrogen and oxygen atoms in total. The van der Waals surface area contributed by atoms with Crippen LogP contribution in [0.15, 0.2) is 53.8 Å². The van der Waals surface area contributed by atoms with E-state index in [-0.39, 0.29) is 16.6 Å². The molecule has 0 atom stereocenters. The van der Waals surface area contributed by atoms with E-state index in [9.17, 15) is 4.79 Å². The number of carbonyl (C=O) groups excluding carboxylic acids is 1. The lowest BCUT2D eigenvalue weighted by molar-refractivity contribution is 0.0725. The first kappa shape index (κ1) is 21.3. The van der Waals surface area contributed by atoms with Crippen LogP contribution in [0, 0.1) is 13.8 Å². The summed E-state index contributed by atoms with van der Waals surface area (Å²) in [6, 6.07) is 14.1. The number of esters is 1. The Labute approximate surface area is 180 Å². The molecule has 0 aliphatic heterocycles. The van der Waals surface area contributed by atoms with Crippen LogP contribution in [0.2, 0.25) is 5.02 Å². The monoisotopic (exact) mass is 426 g/mol. The maximum Gasteiger partial charge on any atom is 0.364 e. The third-order valence-electron chi connectivity index (χ3n) is 4.36. The van der Waals surface area contributed by atoms with Gasteiger partial charge >= 0.3 is 5.97 Å². The van der Waals surface area contributed by atoms with Gasteiger partial charge in [-0.25, -0.2) is 14.8 Å². The summed E-state index contributed by atoms with van der Waals surface area (Å²) in [5.41, 5.74) is 4.41. The fourth-order valence-electron chi connectivity index (χ4n) is 2.87. The lowest BCUT2D eigenvalue weighted by Crippen LogP contribution is -2.14. The van der Waals surface area contributed by atoms with Crippen molar-refractivity contribution in [3.8, 4) is 5.75 Å². The van der Waals surface area contributed by atoms with Crippen LogP contribution >= 0.6 is 23.4 Å². The zero-order chi connectivity index (χ0) is 21.0. The second-order valence-corrected chi connectivity index (χ2v) is 8.56. The molecular weight excluding hydrogens is 404 g/mol. The number of ether oxygens (including phenoxy) is 1. The van der Waals surface area contributed by atoms with Gasteiger partial charge in [0.15, 0.2) is 10.9 Å². The van der Waals surface area contributed by atoms with Gasteiger partial charge in [0.1, 0.15) is 5.75 Å². The Morgan fingerprint density at radius 3 is 2.62 bits per heavy atom. The third kappa shape index (κ3) is 5.58. The maximum absolute atomic E-state index is 12.8. The van der Waals surface area contributed by atoms with Crippen molar-refractivity contribution in [3.63, 3.8) is 0 Å². The van der Waals surface area contributed by atoms with E-state index >= 15 is 0 Å². The van der Waals surface area contributed by atoms with E-state index in [0.29, 0.717) is 16.7 Å². The molecule has 0 fully saturated rings. The summed E-state index contributed by atoms with van der Waals surface area (Å²) < 4.78 is 5.67. The zero-order valence-corrected chi connectivity index (χ0v) is 18.5. The number of aryl methyl sites for hydroxylation is 2. The summed E-state index contributed by atoms with van der Waals surface area (Å²) >= 11 is 7.64. The highest BCUT2D eigenvalue weighted by Crippen LogP contribution is 2.29. The van der Waals surface area contributed by atoms with Crippen molar-refractivity contribution in [2.24, 2.45) is 0 Å². The van der Waals surface area contributed by atoms with Crippen LogP contribution in [0.1, 0.15) is 52.5 Å². The van der Waals surface area contributed by atoms with Crippen LogP contribution in [0.4, 0.5) is 0 Å². The van der Waals surface area contributed by atoms with Crippen molar-refractivity contribution in [2.45, 2.75) is 44.5 Å². The molecular formula is C23H23ClN2O2S. The van der Waals surface area contributed by atoms with Crippen molar-refractivity contribution >= 4 is 29.3 Å². The molecule has 0 aliphatic carbocycles. The Bertz CT molecular complexity index is 1040. The van der Waals surface area contributed by atoms with Gasteiger partial charge in [-0.15, -0.1) is 0 Å². The number of hydrogen-bond donors (Lipinski definition) is 0. The SMILES string of the molecule is Cc1cccc(CSc2ncc(Cl)c(C(=O)Oc3cc(C)ccc3C(C)C)n2)c1. The fourth-order valence-corrected chi connectivity index (χ4v) is 3.80. The number of halogens is 1. The molecule has 0 unspecified atom stereocenters. The number of benzene rings is 2. The minimum atomic E-state index is -0.581. The highest BCUT2D eigenvalue weighted by molar-refractivity contribution is 7.98. The van der Waals surface area contributed by atoms with Crippen molar-refractivity contribution < 1.29 is 9.53 Å². The second-order valence-electron chi connectivity index (χ2n) is 7.21. The lowest BCUT2D eigenvalue weighted by Gasteiger charge is -2.14. The minimum absolute atomic E-state index is 0.0737. The van der Waals surface area contributed by atoms with Gasteiger partial charge in [0.2, 0.25) is 0 Å². The first-order valence-electron chi connectivity index (χ1n) is 9.37. The molecule has 3 rings (SSSR count). The summed E-state index contributed by atoms with van der Waals surface area (Å²) in [5.74, 6) is 0.878. The van der Waals surface area contributed by atoms with Crippen LogP contribution < -0.4 is 4.74 Å².